The lowest BCUT2D eigenvalue weighted by Crippen LogP contribution is -2.26. The lowest BCUT2D eigenvalue weighted by molar-refractivity contribution is 0.0243. The van der Waals surface area contributed by atoms with Crippen LogP contribution in [0.25, 0.3) is 0 Å². The fourth-order valence-electron chi connectivity index (χ4n) is 1.91. The Morgan fingerprint density at radius 2 is 2.11 bits per heavy atom. The molecule has 2 rings (SSSR count). The van der Waals surface area contributed by atoms with E-state index in [2.05, 4.69) is 0 Å². The number of ether oxygens (including phenoxy) is 3. The van der Waals surface area contributed by atoms with Crippen molar-refractivity contribution in [2.45, 2.75) is 18.9 Å². The van der Waals surface area contributed by atoms with E-state index in [9.17, 15) is 4.79 Å². The third kappa shape index (κ3) is 2.94. The topological polar surface area (TPSA) is 44.8 Å². The Morgan fingerprint density at radius 3 is 2.72 bits per heavy atom. The minimum absolute atomic E-state index is 0.0486. The molecule has 4 nitrogen and oxygen atoms in total. The number of hydrogen-bond donors (Lipinski definition) is 0. The predicted molar refractivity (Wildman–Crippen MR) is 67.9 cm³/mol. The number of methoxy groups -OCH3 is 1. The highest BCUT2D eigenvalue weighted by atomic mass is 35.5. The van der Waals surface area contributed by atoms with E-state index < -0.39 is 0 Å². The maximum Gasteiger partial charge on any atom is 0.172 e. The average Bonchev–Trinajstić information content (AvgIpc) is 2.41. The van der Waals surface area contributed by atoms with E-state index in [0.29, 0.717) is 35.3 Å². The lowest BCUT2D eigenvalue weighted by atomic mass is 10.1. The largest absolute Gasteiger partial charge is 0.493 e. The molecular formula is C13H15ClO4. The molecule has 1 aromatic rings. The first-order valence-corrected chi connectivity index (χ1v) is 6.19. The highest BCUT2D eigenvalue weighted by Gasteiger charge is 2.20. The minimum Gasteiger partial charge on any atom is -0.493 e. The molecule has 0 radical (unpaired) electrons. The molecule has 0 atom stereocenters. The first-order chi connectivity index (χ1) is 8.74. The van der Waals surface area contributed by atoms with Crippen molar-refractivity contribution in [2.75, 3.05) is 20.3 Å². The summed E-state index contributed by atoms with van der Waals surface area (Å²) in [7, 11) is 1.52. The maximum absolute atomic E-state index is 11.1. The van der Waals surface area contributed by atoms with Crippen LogP contribution in [0.4, 0.5) is 0 Å². The van der Waals surface area contributed by atoms with E-state index in [-0.39, 0.29) is 6.10 Å². The summed E-state index contributed by atoms with van der Waals surface area (Å²) in [5.74, 6) is 0.944. The number of aldehydes is 1. The molecule has 1 saturated heterocycles. The lowest BCUT2D eigenvalue weighted by Gasteiger charge is -2.25. The van der Waals surface area contributed by atoms with E-state index in [1.165, 1.54) is 7.11 Å². The van der Waals surface area contributed by atoms with Gasteiger partial charge in [0.1, 0.15) is 6.10 Å². The summed E-state index contributed by atoms with van der Waals surface area (Å²) in [5.41, 5.74) is 0.408. The first-order valence-electron chi connectivity index (χ1n) is 5.81. The Bertz CT molecular complexity index is 427. The van der Waals surface area contributed by atoms with Crippen molar-refractivity contribution < 1.29 is 19.0 Å². The Labute approximate surface area is 111 Å². The van der Waals surface area contributed by atoms with Crippen LogP contribution in [0.5, 0.6) is 11.5 Å². The van der Waals surface area contributed by atoms with Gasteiger partial charge in [-0.25, -0.2) is 0 Å². The fraction of sp³-hybridized carbons (Fsp3) is 0.462. The summed E-state index contributed by atoms with van der Waals surface area (Å²) in [6, 6.07) is 3.22. The third-order valence-corrected chi connectivity index (χ3v) is 3.07. The van der Waals surface area contributed by atoms with Gasteiger partial charge in [-0.3, -0.25) is 4.79 Å². The van der Waals surface area contributed by atoms with Crippen LogP contribution in [-0.2, 0) is 4.74 Å². The van der Waals surface area contributed by atoms with Gasteiger partial charge < -0.3 is 14.2 Å². The van der Waals surface area contributed by atoms with Crippen molar-refractivity contribution in [1.29, 1.82) is 0 Å². The van der Waals surface area contributed by atoms with Gasteiger partial charge in [-0.15, -0.1) is 0 Å². The van der Waals surface area contributed by atoms with E-state index in [0.717, 1.165) is 19.1 Å². The van der Waals surface area contributed by atoms with Crippen molar-refractivity contribution in [1.82, 2.24) is 0 Å². The molecule has 0 unspecified atom stereocenters. The smallest absolute Gasteiger partial charge is 0.172 e. The molecule has 0 spiro atoms. The molecule has 0 aliphatic carbocycles. The molecule has 0 aromatic heterocycles. The van der Waals surface area contributed by atoms with Gasteiger partial charge in [0, 0.05) is 23.9 Å². The molecule has 0 amide bonds. The third-order valence-electron chi connectivity index (χ3n) is 2.85. The summed E-state index contributed by atoms with van der Waals surface area (Å²) in [6.07, 6.45) is 2.39. The van der Waals surface area contributed by atoms with E-state index in [4.69, 9.17) is 25.8 Å². The molecule has 0 N–H and O–H groups in total. The van der Waals surface area contributed by atoms with Crippen LogP contribution in [0.1, 0.15) is 23.2 Å². The summed E-state index contributed by atoms with van der Waals surface area (Å²) in [4.78, 5) is 11.1. The van der Waals surface area contributed by atoms with Crippen molar-refractivity contribution >= 4 is 17.9 Å². The van der Waals surface area contributed by atoms with Crippen LogP contribution >= 0.6 is 11.6 Å². The Morgan fingerprint density at radius 1 is 1.39 bits per heavy atom. The molecule has 98 valence electrons. The monoisotopic (exact) mass is 270 g/mol. The molecule has 0 saturated carbocycles. The normalized spacial score (nSPS) is 16.3. The van der Waals surface area contributed by atoms with Crippen LogP contribution in [0, 0.1) is 0 Å². The molecule has 1 aliphatic heterocycles. The molecule has 1 aliphatic rings. The molecule has 1 fully saturated rings. The van der Waals surface area contributed by atoms with Gasteiger partial charge in [-0.05, 0) is 6.07 Å². The number of carbonyl (C=O) groups is 1. The van der Waals surface area contributed by atoms with E-state index >= 15 is 0 Å². The number of rotatable bonds is 4. The quantitative estimate of drug-likeness (QED) is 0.789. The van der Waals surface area contributed by atoms with Crippen molar-refractivity contribution in [2.24, 2.45) is 0 Å². The molecule has 18 heavy (non-hydrogen) atoms. The number of carbonyl (C=O) groups excluding carboxylic acids is 1. The zero-order valence-electron chi connectivity index (χ0n) is 10.1. The van der Waals surface area contributed by atoms with Crippen LogP contribution in [0.15, 0.2) is 12.1 Å². The number of hydrogen-bond acceptors (Lipinski definition) is 4. The van der Waals surface area contributed by atoms with Crippen LogP contribution in [-0.4, -0.2) is 32.7 Å². The van der Waals surface area contributed by atoms with E-state index in [1.54, 1.807) is 12.1 Å². The van der Waals surface area contributed by atoms with Crippen molar-refractivity contribution in [3.8, 4) is 11.5 Å². The average molecular weight is 271 g/mol. The number of halogens is 1. The second-order valence-electron chi connectivity index (χ2n) is 4.07. The molecule has 5 heteroatoms. The standard InChI is InChI=1S/C13H15ClO4/c1-16-12-7-10(14)6-9(8-15)13(12)18-11-2-4-17-5-3-11/h6-8,11H,2-5H2,1H3. The van der Waals surface area contributed by atoms with Crippen LogP contribution < -0.4 is 9.47 Å². The van der Waals surface area contributed by atoms with Gasteiger partial charge in [0.05, 0.1) is 25.9 Å². The van der Waals surface area contributed by atoms with Gasteiger partial charge in [-0.2, -0.15) is 0 Å². The van der Waals surface area contributed by atoms with Crippen LogP contribution in [0.2, 0.25) is 5.02 Å². The van der Waals surface area contributed by atoms with Crippen LogP contribution in [0.3, 0.4) is 0 Å². The van der Waals surface area contributed by atoms with Crippen molar-refractivity contribution in [3.05, 3.63) is 22.7 Å². The van der Waals surface area contributed by atoms with Gasteiger partial charge in [0.2, 0.25) is 0 Å². The Balaban J connectivity index is 2.26. The molecule has 1 aromatic carbocycles. The summed E-state index contributed by atoms with van der Waals surface area (Å²) in [6.45, 7) is 1.36. The zero-order valence-corrected chi connectivity index (χ0v) is 10.9. The second-order valence-corrected chi connectivity index (χ2v) is 4.51. The second kappa shape index (κ2) is 6.07. The molecule has 0 bridgehead atoms. The maximum atomic E-state index is 11.1. The Hall–Kier alpha value is -1.26. The highest BCUT2D eigenvalue weighted by molar-refractivity contribution is 6.31. The first kappa shape index (κ1) is 13.2. The minimum atomic E-state index is 0.0486. The zero-order chi connectivity index (χ0) is 13.0. The predicted octanol–water partition coefficient (Wildman–Crippen LogP) is 2.72. The fourth-order valence-corrected chi connectivity index (χ4v) is 2.13. The van der Waals surface area contributed by atoms with Gasteiger partial charge in [-0.1, -0.05) is 11.6 Å². The summed E-state index contributed by atoms with van der Waals surface area (Å²) in [5, 5.41) is 0.452. The SMILES string of the molecule is COc1cc(Cl)cc(C=O)c1OC1CCOCC1. The number of benzene rings is 1. The molecular weight excluding hydrogens is 256 g/mol. The Kier molecular flexibility index (Phi) is 4.44. The highest BCUT2D eigenvalue weighted by Crippen LogP contribution is 2.35. The van der Waals surface area contributed by atoms with Crippen molar-refractivity contribution in [3.63, 3.8) is 0 Å². The van der Waals surface area contributed by atoms with E-state index in [1.807, 2.05) is 0 Å². The summed E-state index contributed by atoms with van der Waals surface area (Å²) < 4.78 is 16.3. The molecule has 1 heterocycles. The van der Waals surface area contributed by atoms with Gasteiger partial charge >= 0.3 is 0 Å². The van der Waals surface area contributed by atoms with Gasteiger partial charge in [0.15, 0.2) is 17.8 Å². The van der Waals surface area contributed by atoms with Gasteiger partial charge in [0.25, 0.3) is 0 Å². The summed E-state index contributed by atoms with van der Waals surface area (Å²) >= 11 is 5.91.